The first kappa shape index (κ1) is 13.5. The van der Waals surface area contributed by atoms with Gasteiger partial charge in [0.1, 0.15) is 17.4 Å². The van der Waals surface area contributed by atoms with E-state index in [4.69, 9.17) is 4.42 Å². The van der Waals surface area contributed by atoms with Crippen molar-refractivity contribution in [2.45, 2.75) is 19.3 Å². The Balaban J connectivity index is 1.86. The summed E-state index contributed by atoms with van der Waals surface area (Å²) in [5.41, 5.74) is 0.117. The van der Waals surface area contributed by atoms with Gasteiger partial charge in [0.25, 0.3) is 5.91 Å². The molecular formula is C15H11F2NO3. The molecule has 4 nitrogen and oxygen atoms in total. The molecule has 2 aromatic rings. The number of hydrogen-bond acceptors (Lipinski definition) is 3. The van der Waals surface area contributed by atoms with Crippen LogP contribution >= 0.6 is 0 Å². The fourth-order valence-electron chi connectivity index (χ4n) is 2.28. The molecule has 1 amide bonds. The molecule has 0 spiro atoms. The van der Waals surface area contributed by atoms with Crippen LogP contribution < -0.4 is 5.32 Å². The molecular weight excluding hydrogens is 280 g/mol. The zero-order chi connectivity index (χ0) is 15.0. The minimum Gasteiger partial charge on any atom is -0.455 e. The molecule has 1 aromatic carbocycles. The molecule has 0 saturated carbocycles. The van der Waals surface area contributed by atoms with Crippen LogP contribution in [0.25, 0.3) is 0 Å². The van der Waals surface area contributed by atoms with Crippen molar-refractivity contribution in [2.75, 3.05) is 5.32 Å². The Morgan fingerprint density at radius 2 is 2.00 bits per heavy atom. The maximum Gasteiger partial charge on any atom is 0.291 e. The van der Waals surface area contributed by atoms with Gasteiger partial charge in [-0.1, -0.05) is 0 Å². The second kappa shape index (κ2) is 5.12. The molecule has 1 aliphatic rings. The zero-order valence-corrected chi connectivity index (χ0v) is 10.9. The van der Waals surface area contributed by atoms with Gasteiger partial charge in [-0.2, -0.15) is 0 Å². The first-order chi connectivity index (χ1) is 10.0. The second-order valence-electron chi connectivity index (χ2n) is 4.80. The highest BCUT2D eigenvalue weighted by molar-refractivity contribution is 6.05. The Morgan fingerprint density at radius 1 is 1.19 bits per heavy atom. The first-order valence-electron chi connectivity index (χ1n) is 6.47. The Hall–Kier alpha value is -2.50. The summed E-state index contributed by atoms with van der Waals surface area (Å²) in [4.78, 5) is 23.7. The predicted octanol–water partition coefficient (Wildman–Crippen LogP) is 3.33. The van der Waals surface area contributed by atoms with Gasteiger partial charge >= 0.3 is 0 Å². The minimum absolute atomic E-state index is 0.0732. The van der Waals surface area contributed by atoms with Gasteiger partial charge in [-0.3, -0.25) is 9.59 Å². The van der Waals surface area contributed by atoms with Crippen molar-refractivity contribution >= 4 is 17.4 Å². The minimum atomic E-state index is -0.753. The maximum atomic E-state index is 13.5. The fourth-order valence-corrected chi connectivity index (χ4v) is 2.28. The van der Waals surface area contributed by atoms with Crippen molar-refractivity contribution in [3.8, 4) is 0 Å². The molecule has 1 heterocycles. The van der Waals surface area contributed by atoms with Crippen LogP contribution in [0.5, 0.6) is 0 Å². The van der Waals surface area contributed by atoms with E-state index in [1.807, 2.05) is 0 Å². The summed E-state index contributed by atoms with van der Waals surface area (Å²) in [6, 6.07) is 4.10. The van der Waals surface area contributed by atoms with E-state index < -0.39 is 17.5 Å². The van der Waals surface area contributed by atoms with E-state index in [1.165, 1.54) is 6.07 Å². The topological polar surface area (TPSA) is 59.3 Å². The summed E-state index contributed by atoms with van der Waals surface area (Å²) >= 11 is 0. The number of rotatable bonds is 2. The van der Waals surface area contributed by atoms with Crippen molar-refractivity contribution in [3.63, 3.8) is 0 Å². The lowest BCUT2D eigenvalue weighted by molar-refractivity contribution is 0.0963. The van der Waals surface area contributed by atoms with E-state index in [0.29, 0.717) is 30.6 Å². The number of amides is 1. The summed E-state index contributed by atoms with van der Waals surface area (Å²) in [6.45, 7) is 0. The third-order valence-electron chi connectivity index (χ3n) is 3.32. The van der Waals surface area contributed by atoms with E-state index in [1.54, 1.807) is 0 Å². The molecule has 3 rings (SSSR count). The van der Waals surface area contributed by atoms with Gasteiger partial charge in [0, 0.05) is 25.0 Å². The molecule has 108 valence electrons. The summed E-state index contributed by atoms with van der Waals surface area (Å²) < 4.78 is 31.9. The Labute approximate surface area is 118 Å². The van der Waals surface area contributed by atoms with Crippen molar-refractivity contribution in [3.05, 3.63) is 53.0 Å². The van der Waals surface area contributed by atoms with Crippen LogP contribution in [0.3, 0.4) is 0 Å². The van der Waals surface area contributed by atoms with Gasteiger partial charge in [0.2, 0.25) is 0 Å². The van der Waals surface area contributed by atoms with Crippen LogP contribution in [0, 0.1) is 11.6 Å². The van der Waals surface area contributed by atoms with Crippen LogP contribution in [0.1, 0.15) is 39.5 Å². The van der Waals surface area contributed by atoms with Gasteiger partial charge < -0.3 is 9.73 Å². The van der Waals surface area contributed by atoms with Crippen LogP contribution in [-0.2, 0) is 6.42 Å². The molecule has 21 heavy (non-hydrogen) atoms. The summed E-state index contributed by atoms with van der Waals surface area (Å²) in [5.74, 6) is -1.83. The Morgan fingerprint density at radius 3 is 2.76 bits per heavy atom. The normalized spacial score (nSPS) is 13.9. The van der Waals surface area contributed by atoms with Gasteiger partial charge in [-0.05, 0) is 18.6 Å². The van der Waals surface area contributed by atoms with Crippen molar-refractivity contribution in [1.29, 1.82) is 0 Å². The standard InChI is InChI=1S/C15H11F2NO3/c16-8-4-5-10(17)11(6-8)18-15(20)14-7-9-12(19)2-1-3-13(9)21-14/h4-7H,1-3H2,(H,18,20). The van der Waals surface area contributed by atoms with Gasteiger partial charge in [-0.15, -0.1) is 0 Å². The van der Waals surface area contributed by atoms with Crippen LogP contribution in [-0.4, -0.2) is 11.7 Å². The quantitative estimate of drug-likeness (QED) is 0.923. The largest absolute Gasteiger partial charge is 0.455 e. The number of furan rings is 1. The van der Waals surface area contributed by atoms with Crippen LogP contribution in [0.4, 0.5) is 14.5 Å². The number of nitrogens with one attached hydrogen (secondary N) is 1. The van der Waals surface area contributed by atoms with Crippen molar-refractivity contribution in [1.82, 2.24) is 0 Å². The molecule has 0 bridgehead atoms. The summed E-state index contributed by atoms with van der Waals surface area (Å²) in [6.07, 6.45) is 1.69. The number of ketones is 1. The number of aryl methyl sites for hydroxylation is 1. The molecule has 0 fully saturated rings. The molecule has 6 heteroatoms. The van der Waals surface area contributed by atoms with E-state index in [2.05, 4.69) is 5.32 Å². The fraction of sp³-hybridized carbons (Fsp3) is 0.200. The van der Waals surface area contributed by atoms with Gasteiger partial charge in [-0.25, -0.2) is 8.78 Å². The van der Waals surface area contributed by atoms with Crippen molar-refractivity contribution < 1.29 is 22.8 Å². The third-order valence-corrected chi connectivity index (χ3v) is 3.32. The monoisotopic (exact) mass is 291 g/mol. The highest BCUT2D eigenvalue weighted by Gasteiger charge is 2.24. The highest BCUT2D eigenvalue weighted by Crippen LogP contribution is 2.25. The lowest BCUT2D eigenvalue weighted by atomic mass is 9.97. The second-order valence-corrected chi connectivity index (χ2v) is 4.80. The highest BCUT2D eigenvalue weighted by atomic mass is 19.1. The van der Waals surface area contributed by atoms with Crippen LogP contribution in [0.15, 0.2) is 28.7 Å². The summed E-state index contributed by atoms with van der Waals surface area (Å²) in [7, 11) is 0. The lowest BCUT2D eigenvalue weighted by Gasteiger charge is -2.06. The van der Waals surface area contributed by atoms with Gasteiger partial charge in [0.05, 0.1) is 11.3 Å². The van der Waals surface area contributed by atoms with Crippen LogP contribution in [0.2, 0.25) is 0 Å². The molecule has 0 radical (unpaired) electrons. The SMILES string of the molecule is O=C(Nc1cc(F)ccc1F)c1cc2c(o1)CCCC2=O. The van der Waals surface area contributed by atoms with E-state index in [-0.39, 0.29) is 17.2 Å². The number of halogens is 2. The van der Waals surface area contributed by atoms with Gasteiger partial charge in [0.15, 0.2) is 11.5 Å². The Kier molecular flexibility index (Phi) is 3.29. The number of fused-ring (bicyclic) bond motifs is 1. The number of carbonyl (C=O) groups excluding carboxylic acids is 2. The molecule has 1 aliphatic carbocycles. The molecule has 0 atom stereocenters. The first-order valence-corrected chi connectivity index (χ1v) is 6.47. The number of Topliss-reactive ketones (excluding diaryl/α,β-unsaturated/α-hetero) is 1. The molecule has 0 unspecified atom stereocenters. The third kappa shape index (κ3) is 2.56. The molecule has 0 aliphatic heterocycles. The van der Waals surface area contributed by atoms with E-state index in [0.717, 1.165) is 18.2 Å². The smallest absolute Gasteiger partial charge is 0.291 e. The maximum absolute atomic E-state index is 13.5. The molecule has 1 N–H and O–H groups in total. The number of hydrogen-bond donors (Lipinski definition) is 1. The summed E-state index contributed by atoms with van der Waals surface area (Å²) in [5, 5.41) is 2.23. The number of anilines is 1. The predicted molar refractivity (Wildman–Crippen MR) is 70.3 cm³/mol. The average Bonchev–Trinajstić information content (AvgIpc) is 2.88. The lowest BCUT2D eigenvalue weighted by Crippen LogP contribution is -2.12. The molecule has 1 aromatic heterocycles. The number of carbonyl (C=O) groups is 2. The Bertz CT molecular complexity index is 737. The zero-order valence-electron chi connectivity index (χ0n) is 10.9. The average molecular weight is 291 g/mol. The molecule has 0 saturated heterocycles. The number of benzene rings is 1. The van der Waals surface area contributed by atoms with Crippen molar-refractivity contribution in [2.24, 2.45) is 0 Å². The van der Waals surface area contributed by atoms with E-state index in [9.17, 15) is 18.4 Å². The van der Waals surface area contributed by atoms with E-state index >= 15 is 0 Å².